The van der Waals surface area contributed by atoms with Crippen LogP contribution in [0.25, 0.3) is 0 Å². The molecule has 1 rings (SSSR count). The van der Waals surface area contributed by atoms with Crippen LogP contribution in [-0.4, -0.2) is 61.4 Å². The molecule has 0 aliphatic heterocycles. The van der Waals surface area contributed by atoms with Crippen LogP contribution in [-0.2, 0) is 10.1 Å². The molecule has 0 heterocycles. The Hall–Kier alpha value is -0.0700. The zero-order valence-corrected chi connectivity index (χ0v) is 14.1. The van der Waals surface area contributed by atoms with Gasteiger partial charge >= 0.3 is 0 Å². The van der Waals surface area contributed by atoms with Crippen LogP contribution >= 0.6 is 0 Å². The second kappa shape index (κ2) is 8.17. The van der Waals surface area contributed by atoms with Crippen LogP contribution in [0, 0.1) is 6.92 Å². The zero-order valence-electron chi connectivity index (χ0n) is 11.3. The molecule has 4 nitrogen and oxygen atoms in total. The molecule has 0 fully saturated rings. The Kier molecular flexibility index (Phi) is 8.14. The molecule has 18 heavy (non-hydrogen) atoms. The molecule has 0 atom stereocenters. The Morgan fingerprint density at radius 3 is 2.50 bits per heavy atom. The van der Waals surface area contributed by atoms with Crippen molar-refractivity contribution in [3.05, 3.63) is 29.8 Å². The molecule has 0 amide bonds. The van der Waals surface area contributed by atoms with Crippen LogP contribution in [0.4, 0.5) is 5.69 Å². The van der Waals surface area contributed by atoms with E-state index in [-0.39, 0.29) is 35.3 Å². The molecule has 0 aliphatic rings. The summed E-state index contributed by atoms with van der Waals surface area (Å²) < 4.78 is 29.9. The first-order chi connectivity index (χ1) is 7.92. The summed E-state index contributed by atoms with van der Waals surface area (Å²) in [5, 5.41) is 0. The third kappa shape index (κ3) is 6.75. The Labute approximate surface area is 131 Å². The smallest absolute Gasteiger partial charge is 0.264 e. The fourth-order valence-electron chi connectivity index (χ4n) is 1.73. The van der Waals surface area contributed by atoms with Gasteiger partial charge in [-0.3, -0.25) is 4.55 Å². The van der Waals surface area contributed by atoms with Crippen molar-refractivity contribution in [1.82, 2.24) is 0 Å². The third-order valence-corrected chi connectivity index (χ3v) is 3.38. The molecule has 0 bridgehead atoms. The van der Waals surface area contributed by atoms with Crippen molar-refractivity contribution in [3.8, 4) is 0 Å². The van der Waals surface area contributed by atoms with Crippen LogP contribution in [0.5, 0.6) is 0 Å². The van der Waals surface area contributed by atoms with E-state index in [1.54, 1.807) is 0 Å². The molecule has 0 saturated carbocycles. The van der Waals surface area contributed by atoms with E-state index in [9.17, 15) is 8.42 Å². The van der Waals surface area contributed by atoms with E-state index >= 15 is 0 Å². The van der Waals surface area contributed by atoms with Crippen molar-refractivity contribution < 1.29 is 13.0 Å². The molecule has 97 valence electrons. The van der Waals surface area contributed by atoms with E-state index in [0.717, 1.165) is 12.2 Å². The van der Waals surface area contributed by atoms with Gasteiger partial charge in [0.2, 0.25) is 0 Å². The summed E-state index contributed by atoms with van der Waals surface area (Å²) in [5.41, 5.74) is 2.26. The summed E-state index contributed by atoms with van der Waals surface area (Å²) >= 11 is 0. The van der Waals surface area contributed by atoms with Crippen LogP contribution in [0.15, 0.2) is 24.3 Å². The zero-order chi connectivity index (χ0) is 12.9. The fraction of sp³-hybridized carbons (Fsp3) is 0.500. The predicted molar refractivity (Wildman–Crippen MR) is 75.9 cm³/mol. The molecular weight excluding hydrogens is 261 g/mol. The van der Waals surface area contributed by atoms with Gasteiger partial charge in [0.05, 0.1) is 5.75 Å². The summed E-state index contributed by atoms with van der Waals surface area (Å²) in [6, 6.07) is 8.08. The molecule has 1 radical (unpaired) electrons. The first-order valence-corrected chi connectivity index (χ1v) is 7.30. The van der Waals surface area contributed by atoms with E-state index in [2.05, 4.69) is 11.0 Å². The van der Waals surface area contributed by atoms with Gasteiger partial charge in [0.25, 0.3) is 10.1 Å². The van der Waals surface area contributed by atoms with Crippen LogP contribution in [0.2, 0.25) is 0 Å². The maximum Gasteiger partial charge on any atom is 0.264 e. The first kappa shape index (κ1) is 17.9. The average molecular weight is 280 g/mol. The Morgan fingerprint density at radius 1 is 1.33 bits per heavy atom. The number of hydrogen-bond acceptors (Lipinski definition) is 3. The van der Waals surface area contributed by atoms with Crippen LogP contribution in [0.3, 0.4) is 0 Å². The summed E-state index contributed by atoms with van der Waals surface area (Å²) in [5.74, 6) is -0.185. The Morgan fingerprint density at radius 2 is 2.00 bits per heavy atom. The monoisotopic (exact) mass is 280 g/mol. The number of nitrogens with zero attached hydrogens (tertiary/aromatic N) is 1. The van der Waals surface area contributed by atoms with Gasteiger partial charge in [0.15, 0.2) is 0 Å². The van der Waals surface area contributed by atoms with Gasteiger partial charge < -0.3 is 4.90 Å². The molecule has 6 heteroatoms. The summed E-state index contributed by atoms with van der Waals surface area (Å²) in [6.07, 6.45) is 0.431. The fourth-order valence-corrected chi connectivity index (χ4v) is 2.23. The summed E-state index contributed by atoms with van der Waals surface area (Å²) in [6.45, 7) is 5.49. The Bertz CT molecular complexity index is 462. The van der Waals surface area contributed by atoms with E-state index in [1.807, 2.05) is 32.0 Å². The van der Waals surface area contributed by atoms with Crippen molar-refractivity contribution in [1.29, 1.82) is 0 Å². The van der Waals surface area contributed by atoms with Gasteiger partial charge in [-0.05, 0) is 38.0 Å². The van der Waals surface area contributed by atoms with Gasteiger partial charge in [0.1, 0.15) is 0 Å². The molecular formula is C12H19NNaO3S. The number of benzene rings is 1. The number of rotatable bonds is 6. The van der Waals surface area contributed by atoms with Gasteiger partial charge in [-0.2, -0.15) is 8.42 Å². The summed E-state index contributed by atoms with van der Waals surface area (Å²) in [7, 11) is -3.85. The summed E-state index contributed by atoms with van der Waals surface area (Å²) in [4.78, 5) is 2.10. The van der Waals surface area contributed by atoms with Gasteiger partial charge in [-0.25, -0.2) is 0 Å². The van der Waals surface area contributed by atoms with Gasteiger partial charge in [-0.1, -0.05) is 12.1 Å². The van der Waals surface area contributed by atoms with Crippen molar-refractivity contribution >= 4 is 45.4 Å². The first-order valence-electron chi connectivity index (χ1n) is 5.69. The number of anilines is 1. The molecule has 1 aromatic carbocycles. The minimum absolute atomic E-state index is 0. The van der Waals surface area contributed by atoms with E-state index in [0.29, 0.717) is 13.0 Å². The number of hydrogen-bond donors (Lipinski definition) is 1. The third-order valence-electron chi connectivity index (χ3n) is 2.58. The number of aryl methyl sites for hydroxylation is 1. The van der Waals surface area contributed by atoms with Crippen molar-refractivity contribution in [2.75, 3.05) is 23.7 Å². The van der Waals surface area contributed by atoms with Crippen LogP contribution < -0.4 is 4.90 Å². The standard InChI is InChI=1S/C12H19NO3S.Na/c1-3-13(8-5-9-17(14,15)16)12-7-4-6-11(2)10-12;/h4,6-7,10H,3,5,8-9H2,1-2H3,(H,14,15,16);. The molecule has 0 saturated heterocycles. The molecule has 1 aromatic rings. The van der Waals surface area contributed by atoms with Gasteiger partial charge in [-0.15, -0.1) is 0 Å². The second-order valence-corrected chi connectivity index (χ2v) is 5.63. The minimum atomic E-state index is -3.85. The topological polar surface area (TPSA) is 57.6 Å². The minimum Gasteiger partial charge on any atom is -0.372 e. The van der Waals surface area contributed by atoms with Crippen molar-refractivity contribution in [2.24, 2.45) is 0 Å². The average Bonchev–Trinajstić information content (AvgIpc) is 2.23. The molecule has 0 spiro atoms. The van der Waals surface area contributed by atoms with Gasteiger partial charge in [0, 0.05) is 48.3 Å². The van der Waals surface area contributed by atoms with E-state index in [1.165, 1.54) is 5.56 Å². The SMILES string of the molecule is CCN(CCCS(=O)(=O)O)c1cccc(C)c1.[Na]. The normalized spacial score (nSPS) is 10.8. The van der Waals surface area contributed by atoms with Crippen LogP contribution in [0.1, 0.15) is 18.9 Å². The maximum absolute atomic E-state index is 10.6. The Balaban J connectivity index is 0.00000289. The predicted octanol–water partition coefficient (Wildman–Crippen LogP) is 1.72. The maximum atomic E-state index is 10.6. The van der Waals surface area contributed by atoms with E-state index < -0.39 is 10.1 Å². The van der Waals surface area contributed by atoms with Crippen molar-refractivity contribution in [3.63, 3.8) is 0 Å². The largest absolute Gasteiger partial charge is 0.372 e. The molecule has 0 aromatic heterocycles. The quantitative estimate of drug-likeness (QED) is 0.637. The second-order valence-electron chi connectivity index (χ2n) is 4.06. The molecule has 1 N–H and O–H groups in total. The van der Waals surface area contributed by atoms with E-state index in [4.69, 9.17) is 4.55 Å². The molecule has 0 unspecified atom stereocenters. The van der Waals surface area contributed by atoms with Crippen molar-refractivity contribution in [2.45, 2.75) is 20.3 Å². The molecule has 0 aliphatic carbocycles.